The van der Waals surface area contributed by atoms with Crippen LogP contribution in [0.4, 0.5) is 4.79 Å². The first-order chi connectivity index (χ1) is 9.26. The van der Waals surface area contributed by atoms with Gasteiger partial charge in [-0.1, -0.05) is 37.3 Å². The van der Waals surface area contributed by atoms with Gasteiger partial charge in [-0.25, -0.2) is 4.79 Å². The zero-order valence-corrected chi connectivity index (χ0v) is 13.2. The van der Waals surface area contributed by atoms with Gasteiger partial charge in [-0.2, -0.15) is 0 Å². The molecule has 3 heteroatoms. The van der Waals surface area contributed by atoms with Crippen molar-refractivity contribution in [2.75, 3.05) is 0 Å². The Morgan fingerprint density at radius 2 is 2.05 bits per heavy atom. The number of benzene rings is 1. The Hall–Kier alpha value is -1.77. The Labute approximate surface area is 122 Å². The largest absolute Gasteiger partial charge is 0.336 e. The van der Waals surface area contributed by atoms with Crippen molar-refractivity contribution in [2.45, 2.75) is 52.6 Å². The molecular formula is C17H26N2O. The van der Waals surface area contributed by atoms with Crippen LogP contribution in [-0.4, -0.2) is 12.1 Å². The molecule has 0 aliphatic rings. The standard InChI is InChI=1S/C17H26N2O/c1-7-13(4)18-16(20)19-17(5,6)15-10-8-9-14(11-15)12(2)3/h8-11,13H,2,7H2,1,3-6H3,(H2,18,19,20). The average molecular weight is 274 g/mol. The quantitative estimate of drug-likeness (QED) is 0.835. The molecule has 0 radical (unpaired) electrons. The normalized spacial score (nSPS) is 12.7. The third kappa shape index (κ3) is 4.41. The Bertz CT molecular complexity index is 492. The first-order valence-corrected chi connectivity index (χ1v) is 7.11. The molecule has 1 atom stereocenters. The summed E-state index contributed by atoms with van der Waals surface area (Å²) in [4.78, 5) is 12.0. The van der Waals surface area contributed by atoms with Crippen molar-refractivity contribution in [2.24, 2.45) is 0 Å². The molecule has 0 heterocycles. The van der Waals surface area contributed by atoms with Crippen LogP contribution in [0.1, 0.15) is 52.2 Å². The smallest absolute Gasteiger partial charge is 0.315 e. The average Bonchev–Trinajstić information content (AvgIpc) is 2.37. The van der Waals surface area contributed by atoms with Crippen LogP contribution in [0.25, 0.3) is 5.57 Å². The van der Waals surface area contributed by atoms with Gasteiger partial charge in [0, 0.05) is 6.04 Å². The molecule has 0 aliphatic heterocycles. The van der Waals surface area contributed by atoms with E-state index >= 15 is 0 Å². The molecule has 0 saturated heterocycles. The number of hydrogen-bond donors (Lipinski definition) is 2. The fraction of sp³-hybridized carbons (Fsp3) is 0.471. The lowest BCUT2D eigenvalue weighted by Crippen LogP contribution is -2.48. The number of urea groups is 1. The van der Waals surface area contributed by atoms with E-state index in [1.54, 1.807) is 0 Å². The van der Waals surface area contributed by atoms with Gasteiger partial charge in [-0.15, -0.1) is 0 Å². The maximum absolute atomic E-state index is 12.0. The molecule has 0 bridgehead atoms. The van der Waals surface area contributed by atoms with E-state index in [-0.39, 0.29) is 12.1 Å². The molecule has 0 fully saturated rings. The molecule has 1 aromatic rings. The second-order valence-corrected chi connectivity index (χ2v) is 5.89. The zero-order chi connectivity index (χ0) is 15.3. The molecule has 0 aromatic heterocycles. The van der Waals surface area contributed by atoms with Crippen LogP contribution in [0.5, 0.6) is 0 Å². The lowest BCUT2D eigenvalue weighted by molar-refractivity contribution is 0.226. The van der Waals surface area contributed by atoms with Gasteiger partial charge in [-0.05, 0) is 51.3 Å². The van der Waals surface area contributed by atoms with Crippen LogP contribution in [0.15, 0.2) is 30.8 Å². The fourth-order valence-corrected chi connectivity index (χ4v) is 1.89. The van der Waals surface area contributed by atoms with E-state index in [1.807, 2.05) is 52.8 Å². The van der Waals surface area contributed by atoms with E-state index in [2.05, 4.69) is 23.3 Å². The van der Waals surface area contributed by atoms with E-state index in [0.29, 0.717) is 0 Å². The zero-order valence-electron chi connectivity index (χ0n) is 13.2. The topological polar surface area (TPSA) is 41.1 Å². The van der Waals surface area contributed by atoms with Gasteiger partial charge in [0.05, 0.1) is 5.54 Å². The van der Waals surface area contributed by atoms with E-state index < -0.39 is 5.54 Å². The minimum absolute atomic E-state index is 0.134. The number of hydrogen-bond acceptors (Lipinski definition) is 1. The Morgan fingerprint density at radius 3 is 2.60 bits per heavy atom. The summed E-state index contributed by atoms with van der Waals surface area (Å²) < 4.78 is 0. The summed E-state index contributed by atoms with van der Waals surface area (Å²) in [6, 6.07) is 8.16. The van der Waals surface area contributed by atoms with Gasteiger partial charge in [-0.3, -0.25) is 0 Å². The summed E-state index contributed by atoms with van der Waals surface area (Å²) in [5.74, 6) is 0. The number of nitrogens with one attached hydrogen (secondary N) is 2. The number of rotatable bonds is 5. The predicted molar refractivity (Wildman–Crippen MR) is 85.6 cm³/mol. The fourth-order valence-electron chi connectivity index (χ4n) is 1.89. The lowest BCUT2D eigenvalue weighted by Gasteiger charge is -2.28. The number of carbonyl (C=O) groups excluding carboxylic acids is 1. The van der Waals surface area contributed by atoms with Crippen molar-refractivity contribution in [1.29, 1.82) is 0 Å². The van der Waals surface area contributed by atoms with Crippen LogP contribution >= 0.6 is 0 Å². The van der Waals surface area contributed by atoms with Crippen LogP contribution in [-0.2, 0) is 5.54 Å². The minimum atomic E-state index is -0.428. The van der Waals surface area contributed by atoms with Crippen LogP contribution in [0.3, 0.4) is 0 Å². The summed E-state index contributed by atoms with van der Waals surface area (Å²) in [6.45, 7) is 14.0. The summed E-state index contributed by atoms with van der Waals surface area (Å²) >= 11 is 0. The molecule has 2 amide bonds. The Morgan fingerprint density at radius 1 is 1.40 bits per heavy atom. The highest BCUT2D eigenvalue weighted by molar-refractivity contribution is 5.75. The lowest BCUT2D eigenvalue weighted by atomic mass is 9.92. The number of carbonyl (C=O) groups is 1. The van der Waals surface area contributed by atoms with Gasteiger partial charge in [0.25, 0.3) is 0 Å². The number of allylic oxidation sites excluding steroid dienone is 1. The molecule has 110 valence electrons. The van der Waals surface area contributed by atoms with Gasteiger partial charge in [0.2, 0.25) is 0 Å². The van der Waals surface area contributed by atoms with Crippen molar-refractivity contribution in [3.05, 3.63) is 42.0 Å². The summed E-state index contributed by atoms with van der Waals surface area (Å²) in [5, 5.41) is 5.95. The molecule has 3 nitrogen and oxygen atoms in total. The Kier molecular flexibility index (Phi) is 5.37. The van der Waals surface area contributed by atoms with Crippen molar-refractivity contribution < 1.29 is 4.79 Å². The second-order valence-electron chi connectivity index (χ2n) is 5.89. The minimum Gasteiger partial charge on any atom is -0.336 e. The molecular weight excluding hydrogens is 248 g/mol. The van der Waals surface area contributed by atoms with Crippen molar-refractivity contribution in [1.82, 2.24) is 10.6 Å². The molecule has 1 aromatic carbocycles. The maximum atomic E-state index is 12.0. The summed E-state index contributed by atoms with van der Waals surface area (Å²) in [5.41, 5.74) is 2.76. The second kappa shape index (κ2) is 6.60. The monoisotopic (exact) mass is 274 g/mol. The van der Waals surface area contributed by atoms with Crippen molar-refractivity contribution in [3.8, 4) is 0 Å². The number of amides is 2. The first-order valence-electron chi connectivity index (χ1n) is 7.11. The maximum Gasteiger partial charge on any atom is 0.315 e. The highest BCUT2D eigenvalue weighted by atomic mass is 16.2. The predicted octanol–water partition coefficient (Wildman–Crippen LogP) is 4.05. The Balaban J connectivity index is 2.85. The van der Waals surface area contributed by atoms with E-state index in [9.17, 15) is 4.79 Å². The highest BCUT2D eigenvalue weighted by Gasteiger charge is 2.23. The molecule has 0 saturated carbocycles. The third-order valence-corrected chi connectivity index (χ3v) is 3.49. The SMILES string of the molecule is C=C(C)c1cccc(C(C)(C)NC(=O)NC(C)CC)c1. The molecule has 2 N–H and O–H groups in total. The van der Waals surface area contributed by atoms with Gasteiger partial charge in [0.15, 0.2) is 0 Å². The van der Waals surface area contributed by atoms with Gasteiger partial charge in [0.1, 0.15) is 0 Å². The summed E-state index contributed by atoms with van der Waals surface area (Å²) in [7, 11) is 0. The van der Waals surface area contributed by atoms with Crippen LogP contribution in [0, 0.1) is 0 Å². The molecule has 0 spiro atoms. The van der Waals surface area contributed by atoms with Crippen molar-refractivity contribution >= 4 is 11.6 Å². The molecule has 1 unspecified atom stereocenters. The molecule has 0 aliphatic carbocycles. The highest BCUT2D eigenvalue weighted by Crippen LogP contribution is 2.23. The van der Waals surface area contributed by atoms with Gasteiger partial charge < -0.3 is 10.6 Å². The van der Waals surface area contributed by atoms with Gasteiger partial charge >= 0.3 is 6.03 Å². The third-order valence-electron chi connectivity index (χ3n) is 3.49. The van der Waals surface area contributed by atoms with Crippen LogP contribution < -0.4 is 10.6 Å². The van der Waals surface area contributed by atoms with E-state index in [4.69, 9.17) is 0 Å². The summed E-state index contributed by atoms with van der Waals surface area (Å²) in [6.07, 6.45) is 0.916. The van der Waals surface area contributed by atoms with E-state index in [1.165, 1.54) is 0 Å². The van der Waals surface area contributed by atoms with Crippen molar-refractivity contribution in [3.63, 3.8) is 0 Å². The first kappa shape index (κ1) is 16.3. The molecule has 1 rings (SSSR count). The van der Waals surface area contributed by atoms with Crippen LogP contribution in [0.2, 0.25) is 0 Å². The molecule has 20 heavy (non-hydrogen) atoms. The van der Waals surface area contributed by atoms with E-state index in [0.717, 1.165) is 23.1 Å².